The fraction of sp³-hybridized carbons (Fsp3) is 0.500. The summed E-state index contributed by atoms with van der Waals surface area (Å²) in [6, 6.07) is 3.52. The Morgan fingerprint density at radius 3 is 3.00 bits per heavy atom. The van der Waals surface area contributed by atoms with Gasteiger partial charge in [0.25, 0.3) is 10.0 Å². The van der Waals surface area contributed by atoms with Crippen molar-refractivity contribution in [3.05, 3.63) is 18.3 Å². The van der Waals surface area contributed by atoms with E-state index in [0.29, 0.717) is 30.1 Å². The van der Waals surface area contributed by atoms with Crippen molar-refractivity contribution >= 4 is 20.9 Å². The van der Waals surface area contributed by atoms with Gasteiger partial charge in [-0.3, -0.25) is 4.68 Å². The molecule has 3 N–H and O–H groups in total. The van der Waals surface area contributed by atoms with Crippen LogP contribution in [0.15, 0.2) is 18.3 Å². The molecule has 2 aromatic rings. The van der Waals surface area contributed by atoms with Crippen LogP contribution in [0.4, 0.5) is 0 Å². The first kappa shape index (κ1) is 16.0. The van der Waals surface area contributed by atoms with E-state index < -0.39 is 15.5 Å². The zero-order chi connectivity index (χ0) is 16.6. The van der Waals surface area contributed by atoms with E-state index in [1.54, 1.807) is 23.9 Å². The topological polar surface area (TPSA) is 108 Å². The van der Waals surface area contributed by atoms with E-state index in [1.807, 2.05) is 13.0 Å². The second-order valence-electron chi connectivity index (χ2n) is 5.54. The fourth-order valence-electron chi connectivity index (χ4n) is 2.54. The molecule has 1 aromatic carbocycles. The molecule has 9 heteroatoms. The zero-order valence-electron chi connectivity index (χ0n) is 13.0. The summed E-state index contributed by atoms with van der Waals surface area (Å²) in [6.07, 6.45) is 1.70. The van der Waals surface area contributed by atoms with E-state index in [1.165, 1.54) is 0 Å². The van der Waals surface area contributed by atoms with Crippen molar-refractivity contribution < 1.29 is 17.9 Å². The molecule has 2 heterocycles. The number of nitrogens with one attached hydrogen (secondary N) is 1. The van der Waals surface area contributed by atoms with Gasteiger partial charge >= 0.3 is 0 Å². The third-order valence-corrected chi connectivity index (χ3v) is 5.11. The maximum Gasteiger partial charge on any atom is 0.253 e. The number of ether oxygens (including phenoxy) is 2. The maximum absolute atomic E-state index is 12.2. The monoisotopic (exact) mass is 340 g/mol. The lowest BCUT2D eigenvalue weighted by Crippen LogP contribution is -2.43. The summed E-state index contributed by atoms with van der Waals surface area (Å²) in [4.78, 5) is 0. The first-order chi connectivity index (χ1) is 10.9. The Kier molecular flexibility index (Phi) is 4.17. The summed E-state index contributed by atoms with van der Waals surface area (Å²) in [5.74, 6) is 0.894. The molecule has 0 fully saturated rings. The molecule has 23 heavy (non-hydrogen) atoms. The molecule has 0 spiro atoms. The van der Waals surface area contributed by atoms with Crippen LogP contribution in [0.25, 0.3) is 10.9 Å². The third-order valence-electron chi connectivity index (χ3n) is 3.50. The van der Waals surface area contributed by atoms with E-state index in [4.69, 9.17) is 15.2 Å². The highest BCUT2D eigenvalue weighted by Gasteiger charge is 2.34. The number of nitrogens with zero attached hydrogens (tertiary/aromatic N) is 2. The number of rotatable bonds is 5. The molecule has 2 atom stereocenters. The number of sulfonamides is 1. The molecule has 0 saturated carbocycles. The Hall–Kier alpha value is -1.84. The minimum absolute atomic E-state index is 0.0602. The standard InChI is InChI=1S/C14H20N4O4S/c1-3-17-23(19,20)12-8-21-11-5-4-10-6-16-18(7-9(2)15)13(10)14(11)22-12/h4-6,9,12,17H,3,7-8,15H2,1-2H3/t9-,12?/m0/s1. The summed E-state index contributed by atoms with van der Waals surface area (Å²) in [6.45, 7) is 4.31. The van der Waals surface area contributed by atoms with Crippen LogP contribution in [0.3, 0.4) is 0 Å². The Morgan fingerprint density at radius 1 is 1.52 bits per heavy atom. The quantitative estimate of drug-likeness (QED) is 0.816. The molecule has 1 aliphatic rings. The molecule has 0 radical (unpaired) electrons. The summed E-state index contributed by atoms with van der Waals surface area (Å²) < 4.78 is 39.9. The number of fused-ring (bicyclic) bond motifs is 3. The molecular formula is C14H20N4O4S. The summed E-state index contributed by atoms with van der Waals surface area (Å²) in [5.41, 5.74) is 5.44. The molecule has 0 amide bonds. The van der Waals surface area contributed by atoms with Gasteiger partial charge in [0.05, 0.1) is 12.7 Å². The van der Waals surface area contributed by atoms with Crippen molar-refractivity contribution in [3.8, 4) is 11.5 Å². The van der Waals surface area contributed by atoms with Crippen molar-refractivity contribution in [2.75, 3.05) is 13.2 Å². The summed E-state index contributed by atoms with van der Waals surface area (Å²) in [7, 11) is -3.62. The average Bonchev–Trinajstić information content (AvgIpc) is 2.89. The van der Waals surface area contributed by atoms with Crippen molar-refractivity contribution in [1.82, 2.24) is 14.5 Å². The van der Waals surface area contributed by atoms with Crippen molar-refractivity contribution in [1.29, 1.82) is 0 Å². The molecule has 1 aliphatic heterocycles. The van der Waals surface area contributed by atoms with E-state index in [-0.39, 0.29) is 12.6 Å². The first-order valence-electron chi connectivity index (χ1n) is 7.44. The predicted octanol–water partition coefficient (Wildman–Crippen LogP) is 0.420. The van der Waals surface area contributed by atoms with E-state index in [0.717, 1.165) is 5.39 Å². The number of nitrogens with two attached hydrogens (primary N) is 1. The molecule has 1 unspecified atom stereocenters. The van der Waals surface area contributed by atoms with Crippen molar-refractivity contribution in [2.24, 2.45) is 5.73 Å². The van der Waals surface area contributed by atoms with Crippen LogP contribution in [0.2, 0.25) is 0 Å². The molecule has 8 nitrogen and oxygen atoms in total. The maximum atomic E-state index is 12.2. The van der Waals surface area contributed by atoms with Gasteiger partial charge in [-0.25, -0.2) is 13.1 Å². The van der Waals surface area contributed by atoms with Gasteiger partial charge in [-0.1, -0.05) is 6.92 Å². The second-order valence-corrected chi connectivity index (χ2v) is 7.44. The first-order valence-corrected chi connectivity index (χ1v) is 8.99. The average molecular weight is 340 g/mol. The number of hydrogen-bond donors (Lipinski definition) is 2. The fourth-order valence-corrected chi connectivity index (χ4v) is 3.60. The number of hydrogen-bond acceptors (Lipinski definition) is 6. The van der Waals surface area contributed by atoms with Gasteiger partial charge in [0.15, 0.2) is 11.5 Å². The van der Waals surface area contributed by atoms with Gasteiger partial charge in [-0.05, 0) is 19.1 Å². The highest BCUT2D eigenvalue weighted by Crippen LogP contribution is 2.39. The van der Waals surface area contributed by atoms with Crippen LogP contribution in [0, 0.1) is 0 Å². The number of benzene rings is 1. The smallest absolute Gasteiger partial charge is 0.253 e. The molecular weight excluding hydrogens is 320 g/mol. The SMILES string of the molecule is CCNS(=O)(=O)C1COc2ccc3cnn(C[C@H](C)N)c3c2O1. The van der Waals surface area contributed by atoms with E-state index >= 15 is 0 Å². The largest absolute Gasteiger partial charge is 0.485 e. The van der Waals surface area contributed by atoms with E-state index in [2.05, 4.69) is 9.82 Å². The Labute approximate surface area is 134 Å². The molecule has 1 aromatic heterocycles. The molecule has 0 saturated heterocycles. The minimum atomic E-state index is -3.62. The summed E-state index contributed by atoms with van der Waals surface area (Å²) in [5, 5.41) is 5.15. The van der Waals surface area contributed by atoms with Gasteiger partial charge in [0.2, 0.25) is 5.44 Å². The van der Waals surface area contributed by atoms with Crippen LogP contribution >= 0.6 is 0 Å². The van der Waals surface area contributed by atoms with Crippen LogP contribution in [0.5, 0.6) is 11.5 Å². The molecule has 3 rings (SSSR count). The lowest BCUT2D eigenvalue weighted by molar-refractivity contribution is 0.142. The summed E-state index contributed by atoms with van der Waals surface area (Å²) >= 11 is 0. The molecule has 0 bridgehead atoms. The highest BCUT2D eigenvalue weighted by molar-refractivity contribution is 7.90. The van der Waals surface area contributed by atoms with Crippen molar-refractivity contribution in [2.45, 2.75) is 31.9 Å². The van der Waals surface area contributed by atoms with Gasteiger partial charge in [0.1, 0.15) is 12.1 Å². The highest BCUT2D eigenvalue weighted by atomic mass is 32.2. The van der Waals surface area contributed by atoms with Crippen molar-refractivity contribution in [3.63, 3.8) is 0 Å². The Balaban J connectivity index is 2.04. The van der Waals surface area contributed by atoms with Crippen LogP contribution in [0.1, 0.15) is 13.8 Å². The molecule has 126 valence electrons. The molecule has 0 aliphatic carbocycles. The minimum Gasteiger partial charge on any atom is -0.485 e. The Morgan fingerprint density at radius 2 is 2.30 bits per heavy atom. The second kappa shape index (κ2) is 5.99. The van der Waals surface area contributed by atoms with Gasteiger partial charge < -0.3 is 15.2 Å². The lowest BCUT2D eigenvalue weighted by Gasteiger charge is -2.27. The number of aromatic nitrogens is 2. The van der Waals surface area contributed by atoms with Crippen LogP contribution in [-0.4, -0.2) is 42.8 Å². The van der Waals surface area contributed by atoms with Gasteiger partial charge in [0, 0.05) is 18.0 Å². The van der Waals surface area contributed by atoms with Crippen LogP contribution < -0.4 is 19.9 Å². The van der Waals surface area contributed by atoms with Crippen LogP contribution in [-0.2, 0) is 16.6 Å². The predicted molar refractivity (Wildman–Crippen MR) is 85.9 cm³/mol. The van der Waals surface area contributed by atoms with E-state index in [9.17, 15) is 8.42 Å². The third kappa shape index (κ3) is 2.99. The lowest BCUT2D eigenvalue weighted by atomic mass is 10.2. The zero-order valence-corrected chi connectivity index (χ0v) is 13.8. The van der Waals surface area contributed by atoms with Gasteiger partial charge in [-0.2, -0.15) is 5.10 Å². The Bertz CT molecular complexity index is 816. The normalized spacial score (nSPS) is 19.0. The van der Waals surface area contributed by atoms with Gasteiger partial charge in [-0.15, -0.1) is 0 Å².